The topological polar surface area (TPSA) is 23.8 Å². The van der Waals surface area contributed by atoms with E-state index in [-0.39, 0.29) is 5.13 Å². The van der Waals surface area contributed by atoms with Gasteiger partial charge in [-0.3, -0.25) is 0 Å². The number of rotatable bonds is 0. The van der Waals surface area contributed by atoms with Crippen LogP contribution in [-0.2, 0) is 12.8 Å². The second-order valence-corrected chi connectivity index (χ2v) is 3.95. The number of nitriles is 1. The van der Waals surface area contributed by atoms with Crippen molar-refractivity contribution in [2.75, 3.05) is 0 Å². The van der Waals surface area contributed by atoms with Crippen LogP contribution < -0.4 is 0 Å². The number of thiophene rings is 1. The molecule has 1 heterocycles. The monoisotopic (exact) mass is 181 g/mol. The van der Waals surface area contributed by atoms with Crippen LogP contribution in [0.5, 0.6) is 0 Å². The Labute approximate surface area is 74.4 Å². The second kappa shape index (κ2) is 2.87. The van der Waals surface area contributed by atoms with Crippen molar-refractivity contribution in [1.82, 2.24) is 0 Å². The minimum Gasteiger partial charge on any atom is -0.195 e. The van der Waals surface area contributed by atoms with Crippen molar-refractivity contribution in [2.24, 2.45) is 0 Å². The van der Waals surface area contributed by atoms with Gasteiger partial charge in [0.05, 0.1) is 0 Å². The van der Waals surface area contributed by atoms with Crippen LogP contribution in [0.1, 0.15) is 28.8 Å². The fourth-order valence-electron chi connectivity index (χ4n) is 1.68. The van der Waals surface area contributed by atoms with E-state index >= 15 is 0 Å². The molecule has 1 aliphatic carbocycles. The summed E-state index contributed by atoms with van der Waals surface area (Å²) in [4.78, 5) is 0.585. The van der Waals surface area contributed by atoms with Gasteiger partial charge >= 0.3 is 0 Å². The maximum absolute atomic E-state index is 13.1. The van der Waals surface area contributed by atoms with Gasteiger partial charge in [0.2, 0.25) is 0 Å². The largest absolute Gasteiger partial charge is 0.195 e. The highest BCUT2D eigenvalue weighted by atomic mass is 32.1. The lowest BCUT2D eigenvalue weighted by atomic mass is 9.94. The Morgan fingerprint density at radius 1 is 1.25 bits per heavy atom. The molecule has 0 aliphatic heterocycles. The Bertz CT molecular complexity index is 348. The molecule has 0 aromatic carbocycles. The normalized spacial score (nSPS) is 15.3. The lowest BCUT2D eigenvalue weighted by Gasteiger charge is -2.10. The highest BCUT2D eigenvalue weighted by Crippen LogP contribution is 2.32. The van der Waals surface area contributed by atoms with Gasteiger partial charge < -0.3 is 0 Å². The fourth-order valence-corrected chi connectivity index (χ4v) is 2.60. The van der Waals surface area contributed by atoms with Gasteiger partial charge in [0.15, 0.2) is 5.13 Å². The molecule has 0 amide bonds. The number of fused-ring (bicyclic) bond motifs is 1. The number of hydrogen-bond acceptors (Lipinski definition) is 2. The summed E-state index contributed by atoms with van der Waals surface area (Å²) < 4.78 is 13.1. The Morgan fingerprint density at radius 3 is 2.58 bits per heavy atom. The predicted octanol–water partition coefficient (Wildman–Crippen LogP) is 2.64. The molecule has 0 bridgehead atoms. The summed E-state index contributed by atoms with van der Waals surface area (Å²) in [6.07, 6.45) is 3.86. The van der Waals surface area contributed by atoms with E-state index in [2.05, 4.69) is 6.07 Å². The van der Waals surface area contributed by atoms with Crippen molar-refractivity contribution in [3.63, 3.8) is 0 Å². The van der Waals surface area contributed by atoms with Crippen molar-refractivity contribution in [3.05, 3.63) is 21.1 Å². The molecule has 0 unspecified atom stereocenters. The van der Waals surface area contributed by atoms with E-state index in [4.69, 9.17) is 5.26 Å². The van der Waals surface area contributed by atoms with E-state index in [0.29, 0.717) is 4.88 Å². The number of hydrogen-bond donors (Lipinski definition) is 0. The average Bonchev–Trinajstić information content (AvgIpc) is 2.44. The molecule has 12 heavy (non-hydrogen) atoms. The van der Waals surface area contributed by atoms with Crippen LogP contribution >= 0.6 is 11.3 Å². The van der Waals surface area contributed by atoms with Crippen molar-refractivity contribution >= 4 is 11.3 Å². The highest BCUT2D eigenvalue weighted by molar-refractivity contribution is 7.11. The van der Waals surface area contributed by atoms with E-state index in [0.717, 1.165) is 48.1 Å². The lowest BCUT2D eigenvalue weighted by molar-refractivity contribution is 0.606. The van der Waals surface area contributed by atoms with Crippen molar-refractivity contribution in [3.8, 4) is 6.07 Å². The van der Waals surface area contributed by atoms with Crippen LogP contribution in [0.3, 0.4) is 0 Å². The standard InChI is InChI=1S/C9H8FNS/c10-9-7-4-2-1-3-6(7)8(5-11)12-9/h1-4H2. The summed E-state index contributed by atoms with van der Waals surface area (Å²) in [5.74, 6) is 0. The third-order valence-electron chi connectivity index (χ3n) is 2.27. The summed E-state index contributed by atoms with van der Waals surface area (Å²) in [7, 11) is 0. The third-order valence-corrected chi connectivity index (χ3v) is 3.24. The Morgan fingerprint density at radius 2 is 1.92 bits per heavy atom. The van der Waals surface area contributed by atoms with Crippen LogP contribution in [0, 0.1) is 16.5 Å². The summed E-state index contributed by atoms with van der Waals surface area (Å²) in [6.45, 7) is 0. The van der Waals surface area contributed by atoms with E-state index in [1.807, 2.05) is 0 Å². The van der Waals surface area contributed by atoms with Crippen LogP contribution in [0.2, 0.25) is 0 Å². The zero-order valence-corrected chi connectivity index (χ0v) is 7.38. The first kappa shape index (κ1) is 7.75. The molecule has 2 rings (SSSR count). The maximum atomic E-state index is 13.1. The average molecular weight is 181 g/mol. The minimum absolute atomic E-state index is 0.138. The molecule has 0 radical (unpaired) electrons. The van der Waals surface area contributed by atoms with Gasteiger partial charge in [0, 0.05) is 5.56 Å². The molecular formula is C9H8FNS. The van der Waals surface area contributed by atoms with E-state index < -0.39 is 0 Å². The molecule has 3 heteroatoms. The quantitative estimate of drug-likeness (QED) is 0.603. The molecule has 0 spiro atoms. The summed E-state index contributed by atoms with van der Waals surface area (Å²) in [5.41, 5.74) is 1.79. The van der Waals surface area contributed by atoms with Crippen molar-refractivity contribution in [2.45, 2.75) is 25.7 Å². The van der Waals surface area contributed by atoms with Crippen LogP contribution in [-0.4, -0.2) is 0 Å². The van der Waals surface area contributed by atoms with Crippen LogP contribution in [0.15, 0.2) is 0 Å². The molecule has 0 saturated heterocycles. The molecule has 1 aliphatic rings. The maximum Gasteiger partial charge on any atom is 0.181 e. The zero-order chi connectivity index (χ0) is 8.55. The van der Waals surface area contributed by atoms with Gasteiger partial charge in [-0.15, -0.1) is 0 Å². The fraction of sp³-hybridized carbons (Fsp3) is 0.444. The second-order valence-electron chi connectivity index (χ2n) is 2.98. The van der Waals surface area contributed by atoms with Gasteiger partial charge in [0.25, 0.3) is 0 Å². The van der Waals surface area contributed by atoms with Gasteiger partial charge in [-0.2, -0.15) is 9.65 Å². The SMILES string of the molecule is N#Cc1sc(F)c2c1CCCC2. The summed E-state index contributed by atoms with van der Waals surface area (Å²) in [5, 5.41) is 8.56. The molecule has 1 aromatic rings. The first-order valence-corrected chi connectivity index (χ1v) is 4.84. The predicted molar refractivity (Wildman–Crippen MR) is 45.6 cm³/mol. The zero-order valence-electron chi connectivity index (χ0n) is 6.56. The molecule has 0 atom stereocenters. The van der Waals surface area contributed by atoms with Gasteiger partial charge in [0.1, 0.15) is 10.9 Å². The molecule has 1 nitrogen and oxygen atoms in total. The number of nitrogens with zero attached hydrogens (tertiary/aromatic N) is 1. The Kier molecular flexibility index (Phi) is 1.86. The smallest absolute Gasteiger partial charge is 0.181 e. The molecule has 0 saturated carbocycles. The first-order valence-electron chi connectivity index (χ1n) is 4.03. The molecular weight excluding hydrogens is 173 g/mol. The van der Waals surface area contributed by atoms with Gasteiger partial charge in [-0.25, -0.2) is 0 Å². The molecule has 0 N–H and O–H groups in total. The lowest BCUT2D eigenvalue weighted by Crippen LogP contribution is -2.01. The minimum atomic E-state index is -0.138. The summed E-state index contributed by atoms with van der Waals surface area (Å²) >= 11 is 1.00. The Balaban J connectivity index is 2.56. The first-order chi connectivity index (χ1) is 5.83. The molecule has 0 fully saturated rings. The van der Waals surface area contributed by atoms with Gasteiger partial charge in [-0.1, -0.05) is 11.3 Å². The highest BCUT2D eigenvalue weighted by Gasteiger charge is 2.20. The van der Waals surface area contributed by atoms with E-state index in [1.54, 1.807) is 0 Å². The third kappa shape index (κ3) is 1.03. The van der Waals surface area contributed by atoms with Crippen LogP contribution in [0.4, 0.5) is 4.39 Å². The van der Waals surface area contributed by atoms with E-state index in [9.17, 15) is 4.39 Å². The summed E-state index contributed by atoms with van der Waals surface area (Å²) in [6, 6.07) is 2.05. The molecule has 62 valence electrons. The molecule has 1 aromatic heterocycles. The van der Waals surface area contributed by atoms with Crippen molar-refractivity contribution in [1.29, 1.82) is 5.26 Å². The van der Waals surface area contributed by atoms with Gasteiger partial charge in [-0.05, 0) is 31.2 Å². The van der Waals surface area contributed by atoms with Crippen LogP contribution in [0.25, 0.3) is 0 Å². The number of halogens is 1. The van der Waals surface area contributed by atoms with E-state index in [1.165, 1.54) is 0 Å². The Hall–Kier alpha value is -0.880. The van der Waals surface area contributed by atoms with Crippen molar-refractivity contribution < 1.29 is 4.39 Å².